The van der Waals surface area contributed by atoms with Crippen LogP contribution in [0, 0.1) is 19.8 Å². The van der Waals surface area contributed by atoms with E-state index in [1.807, 2.05) is 86.6 Å². The Labute approximate surface area is 400 Å². The van der Waals surface area contributed by atoms with Gasteiger partial charge in [0, 0.05) is 43.2 Å². The number of pyridine rings is 1. The number of carboxylic acids is 1. The molecule has 1 aromatic heterocycles. The van der Waals surface area contributed by atoms with Crippen LogP contribution in [0.1, 0.15) is 85.2 Å². The van der Waals surface area contributed by atoms with E-state index in [-0.39, 0.29) is 37.9 Å². The number of aliphatic carboxylic acids is 1. The van der Waals surface area contributed by atoms with Crippen LogP contribution in [0.4, 0.5) is 4.79 Å². The number of hydrogen-bond acceptors (Lipinski definition) is 9. The zero-order valence-corrected chi connectivity index (χ0v) is 39.6. The van der Waals surface area contributed by atoms with Crippen LogP contribution in [-0.2, 0) is 45.1 Å². The Balaban J connectivity index is 0.989. The fourth-order valence-corrected chi connectivity index (χ4v) is 9.20. The second-order valence-electron chi connectivity index (χ2n) is 18.5. The summed E-state index contributed by atoms with van der Waals surface area (Å²) in [5.74, 6) is -0.849. The highest BCUT2D eigenvalue weighted by Crippen LogP contribution is 2.42. The molecule has 0 bridgehead atoms. The fourth-order valence-electron chi connectivity index (χ4n) is 8.88. The molecule has 0 radical (unpaired) electrons. The fraction of sp³-hybridized carbons (Fsp3) is 0.365. The largest absolute Gasteiger partial charge is 0.489 e. The van der Waals surface area contributed by atoms with Gasteiger partial charge >= 0.3 is 12.1 Å². The highest BCUT2D eigenvalue weighted by atomic mass is 35.5. The van der Waals surface area contributed by atoms with Crippen LogP contribution in [0.2, 0.25) is 10.0 Å². The van der Waals surface area contributed by atoms with E-state index < -0.39 is 47.7 Å². The number of fused-ring (bicyclic) bond motifs is 2. The number of amides is 3. The summed E-state index contributed by atoms with van der Waals surface area (Å²) < 4.78 is 24.2. The molecule has 67 heavy (non-hydrogen) atoms. The van der Waals surface area contributed by atoms with Gasteiger partial charge in [0.25, 0.3) is 0 Å². The van der Waals surface area contributed by atoms with Crippen molar-refractivity contribution in [2.24, 2.45) is 5.92 Å². The minimum absolute atomic E-state index is 0.0297. The predicted molar refractivity (Wildman–Crippen MR) is 254 cm³/mol. The van der Waals surface area contributed by atoms with E-state index in [0.29, 0.717) is 53.2 Å². The lowest BCUT2D eigenvalue weighted by Crippen LogP contribution is -2.56. The lowest BCUT2D eigenvalue weighted by atomic mass is 9.90. The Morgan fingerprint density at radius 2 is 1.63 bits per heavy atom. The van der Waals surface area contributed by atoms with Crippen molar-refractivity contribution >= 4 is 47.1 Å². The van der Waals surface area contributed by atoms with Gasteiger partial charge in [-0.3, -0.25) is 14.6 Å². The zero-order valence-electron chi connectivity index (χ0n) is 38.1. The highest BCUT2D eigenvalue weighted by molar-refractivity contribution is 6.42. The molecule has 3 amide bonds. The van der Waals surface area contributed by atoms with E-state index in [1.165, 1.54) is 0 Å². The van der Waals surface area contributed by atoms with Crippen molar-refractivity contribution in [1.82, 2.24) is 20.5 Å². The lowest BCUT2D eigenvalue weighted by Gasteiger charge is -2.39. The van der Waals surface area contributed by atoms with Crippen molar-refractivity contribution in [1.29, 1.82) is 0 Å². The number of carboxylic acid groups (broad SMARTS) is 1. The van der Waals surface area contributed by atoms with Gasteiger partial charge in [0.2, 0.25) is 11.8 Å². The minimum atomic E-state index is -1.27. The van der Waals surface area contributed by atoms with E-state index in [0.717, 1.165) is 50.2 Å². The standard InChI is InChI=1S/C52H54Cl2N4O9/c1-29-30(2)55-19-18-40(29)33-9-6-31(7-10-33)21-43(50(61)62)57-48(59)44-23-36-24-45-46(25-37(36)26-58(44)49(60)35-11-14-38(22-35)56-51(63)67-52(3,4)5)66-47(28-65-45)34-12-15-39(16-13-34)64-27-32-8-17-41(53)42(54)20-32/h6-10,12-13,15-20,24-25,35,38,43-44,47H,11,14,21-23,26-28H2,1-5H3,(H,56,63)(H,57,59)(H,61,62). The molecule has 350 valence electrons. The monoisotopic (exact) mass is 948 g/mol. The van der Waals surface area contributed by atoms with Gasteiger partial charge < -0.3 is 39.6 Å². The molecular weight excluding hydrogens is 895 g/mol. The molecule has 5 atom stereocenters. The Bertz CT molecular complexity index is 2670. The zero-order chi connectivity index (χ0) is 47.6. The van der Waals surface area contributed by atoms with Gasteiger partial charge in [-0.05, 0) is 141 Å². The van der Waals surface area contributed by atoms with Gasteiger partial charge in [0.05, 0.1) is 10.0 Å². The first kappa shape index (κ1) is 47.2. The molecule has 5 aromatic rings. The van der Waals surface area contributed by atoms with Crippen molar-refractivity contribution in [3.05, 3.63) is 140 Å². The molecule has 0 saturated heterocycles. The molecule has 8 rings (SSSR count). The molecule has 2 aliphatic heterocycles. The first-order chi connectivity index (χ1) is 32.0. The predicted octanol–water partition coefficient (Wildman–Crippen LogP) is 9.52. The van der Waals surface area contributed by atoms with E-state index in [2.05, 4.69) is 15.6 Å². The maximum absolute atomic E-state index is 14.6. The van der Waals surface area contributed by atoms with E-state index >= 15 is 0 Å². The van der Waals surface area contributed by atoms with Crippen molar-refractivity contribution in [3.8, 4) is 28.4 Å². The van der Waals surface area contributed by atoms with Gasteiger partial charge in [0.1, 0.15) is 36.6 Å². The number of rotatable bonds is 12. The third kappa shape index (κ3) is 11.3. The Kier molecular flexibility index (Phi) is 14.0. The van der Waals surface area contributed by atoms with Crippen LogP contribution in [0.5, 0.6) is 17.2 Å². The lowest BCUT2D eigenvalue weighted by molar-refractivity contribution is -0.147. The molecule has 3 aliphatic rings. The molecule has 1 saturated carbocycles. The van der Waals surface area contributed by atoms with Gasteiger partial charge in [-0.25, -0.2) is 9.59 Å². The number of aryl methyl sites for hydroxylation is 1. The molecule has 3 N–H and O–H groups in total. The summed E-state index contributed by atoms with van der Waals surface area (Å²) in [6.07, 6.45) is 2.34. The number of nitrogens with one attached hydrogen (secondary N) is 2. The number of carbonyl (C=O) groups is 4. The Morgan fingerprint density at radius 1 is 0.896 bits per heavy atom. The molecule has 13 nitrogen and oxygen atoms in total. The maximum atomic E-state index is 14.6. The van der Waals surface area contributed by atoms with Gasteiger partial charge in [-0.1, -0.05) is 65.7 Å². The summed E-state index contributed by atoms with van der Waals surface area (Å²) in [5.41, 5.74) is 7.35. The number of carbonyl (C=O) groups excluding carboxylic acids is 3. The van der Waals surface area contributed by atoms with Crippen LogP contribution >= 0.6 is 23.2 Å². The van der Waals surface area contributed by atoms with Crippen LogP contribution in [0.15, 0.2) is 91.1 Å². The number of benzene rings is 4. The van der Waals surface area contributed by atoms with Crippen molar-refractivity contribution in [2.45, 2.75) is 110 Å². The number of aromatic nitrogens is 1. The van der Waals surface area contributed by atoms with Crippen LogP contribution in [-0.4, -0.2) is 69.2 Å². The normalized spacial score (nSPS) is 19.2. The van der Waals surface area contributed by atoms with Gasteiger partial charge in [0.15, 0.2) is 17.6 Å². The Hall–Kier alpha value is -6.31. The first-order valence-corrected chi connectivity index (χ1v) is 23.2. The average Bonchev–Trinajstić information content (AvgIpc) is 3.76. The van der Waals surface area contributed by atoms with Crippen LogP contribution in [0.25, 0.3) is 11.1 Å². The van der Waals surface area contributed by atoms with Crippen molar-refractivity contribution < 1.29 is 43.2 Å². The Morgan fingerprint density at radius 3 is 2.34 bits per heavy atom. The quantitative estimate of drug-likeness (QED) is 0.110. The molecule has 3 heterocycles. The number of hydrogen-bond donors (Lipinski definition) is 3. The number of halogens is 2. The number of ether oxygens (including phenoxy) is 4. The van der Waals surface area contributed by atoms with Gasteiger partial charge in [-0.2, -0.15) is 0 Å². The summed E-state index contributed by atoms with van der Waals surface area (Å²) >= 11 is 12.2. The molecule has 4 aromatic carbocycles. The smallest absolute Gasteiger partial charge is 0.407 e. The molecular formula is C52H54Cl2N4O9. The molecule has 0 spiro atoms. The molecule has 15 heteroatoms. The molecule has 1 fully saturated rings. The van der Waals surface area contributed by atoms with Gasteiger partial charge in [-0.15, -0.1) is 0 Å². The molecule has 5 unspecified atom stereocenters. The molecule has 1 aliphatic carbocycles. The summed E-state index contributed by atoms with van der Waals surface area (Å²) in [6.45, 7) is 9.94. The van der Waals surface area contributed by atoms with Crippen molar-refractivity contribution in [2.75, 3.05) is 6.61 Å². The van der Waals surface area contributed by atoms with E-state index in [1.54, 1.807) is 44.0 Å². The summed E-state index contributed by atoms with van der Waals surface area (Å²) in [4.78, 5) is 60.3. The van der Waals surface area contributed by atoms with E-state index in [4.69, 9.17) is 42.1 Å². The van der Waals surface area contributed by atoms with Crippen molar-refractivity contribution in [3.63, 3.8) is 0 Å². The topological polar surface area (TPSA) is 166 Å². The second kappa shape index (κ2) is 19.9. The minimum Gasteiger partial charge on any atom is -0.489 e. The highest BCUT2D eigenvalue weighted by Gasteiger charge is 2.42. The number of alkyl carbamates (subject to hydrolysis) is 1. The van der Waals surface area contributed by atoms with Crippen LogP contribution < -0.4 is 24.8 Å². The third-order valence-electron chi connectivity index (χ3n) is 12.6. The SMILES string of the molecule is Cc1nccc(-c2ccc(CC(NC(=O)C3Cc4cc5c(cc4CN3C(=O)C3CCC(NC(=O)OC(C)(C)C)C3)OC(c3ccc(OCc4ccc(Cl)c(Cl)c4)cc3)CO5)C(=O)O)cc2)c1C. The average molecular weight is 950 g/mol. The van der Waals surface area contributed by atoms with E-state index in [9.17, 15) is 24.3 Å². The summed E-state index contributed by atoms with van der Waals surface area (Å²) in [5, 5.41) is 17.0. The van der Waals surface area contributed by atoms with Crippen LogP contribution in [0.3, 0.4) is 0 Å². The first-order valence-electron chi connectivity index (χ1n) is 22.4. The maximum Gasteiger partial charge on any atom is 0.407 e. The third-order valence-corrected chi connectivity index (χ3v) is 13.3. The number of nitrogens with zero attached hydrogens (tertiary/aromatic N) is 2. The second-order valence-corrected chi connectivity index (χ2v) is 19.3. The summed E-state index contributed by atoms with van der Waals surface area (Å²) in [7, 11) is 0. The summed E-state index contributed by atoms with van der Waals surface area (Å²) in [6, 6.07) is 23.6.